The highest BCUT2D eigenvalue weighted by molar-refractivity contribution is 7.26. The fraction of sp³-hybridized carbons (Fsp3) is 0.0943. The molecule has 0 N–H and O–H groups in total. The first kappa shape index (κ1) is 33.4. The molecule has 0 amide bonds. The molecule has 8 aromatic carbocycles. The molecule has 1 nitrogen and oxygen atoms in total. The zero-order valence-electron chi connectivity index (χ0n) is 31.2. The van der Waals surface area contributed by atoms with Crippen LogP contribution < -0.4 is 4.90 Å². The van der Waals surface area contributed by atoms with E-state index in [2.05, 4.69) is 207 Å². The van der Waals surface area contributed by atoms with E-state index < -0.39 is 5.41 Å². The van der Waals surface area contributed by atoms with E-state index in [1.165, 1.54) is 92.9 Å². The summed E-state index contributed by atoms with van der Waals surface area (Å²) < 4.78 is 2.60. The normalized spacial score (nSPS) is 12.8. The predicted molar refractivity (Wildman–Crippen MR) is 236 cm³/mol. The molecule has 0 saturated heterocycles. The summed E-state index contributed by atoms with van der Waals surface area (Å²) in [5.74, 6) is 0. The van der Waals surface area contributed by atoms with Crippen molar-refractivity contribution in [1.29, 1.82) is 0 Å². The summed E-state index contributed by atoms with van der Waals surface area (Å²) in [4.78, 5) is 2.57. The Hall–Kier alpha value is -6.22. The fourth-order valence-electron chi connectivity index (χ4n) is 9.38. The SMILES string of the molecule is CCc1ccccc1-c1ccc(N(c2cccc3c2-c2ccccc2C3(c2ccccc2)c2ccccc2)c2cccc3sc4ccccc4c23)cc1CC. The number of benzene rings is 8. The van der Waals surface area contributed by atoms with E-state index in [0.29, 0.717) is 0 Å². The number of aryl methyl sites for hydroxylation is 2. The van der Waals surface area contributed by atoms with Crippen molar-refractivity contribution >= 4 is 48.6 Å². The van der Waals surface area contributed by atoms with Crippen molar-refractivity contribution < 1.29 is 0 Å². The Kier molecular flexibility index (Phi) is 8.23. The molecule has 0 radical (unpaired) electrons. The van der Waals surface area contributed by atoms with E-state index >= 15 is 0 Å². The molecule has 2 heteroatoms. The van der Waals surface area contributed by atoms with Crippen LogP contribution in [0.4, 0.5) is 17.1 Å². The van der Waals surface area contributed by atoms with Gasteiger partial charge in [0.2, 0.25) is 0 Å². The second-order valence-electron chi connectivity index (χ2n) is 14.5. The van der Waals surface area contributed by atoms with Gasteiger partial charge in [0.1, 0.15) is 0 Å². The van der Waals surface area contributed by atoms with Crippen LogP contribution in [0.5, 0.6) is 0 Å². The van der Waals surface area contributed by atoms with Gasteiger partial charge >= 0.3 is 0 Å². The average Bonchev–Trinajstić information content (AvgIpc) is 3.79. The number of hydrogen-bond donors (Lipinski definition) is 0. The maximum Gasteiger partial charge on any atom is 0.0714 e. The summed E-state index contributed by atoms with van der Waals surface area (Å²) in [6.07, 6.45) is 1.93. The Labute approximate surface area is 327 Å². The Morgan fingerprint density at radius 3 is 1.80 bits per heavy atom. The first-order valence-electron chi connectivity index (χ1n) is 19.5. The minimum Gasteiger partial charge on any atom is -0.309 e. The lowest BCUT2D eigenvalue weighted by Gasteiger charge is -2.34. The van der Waals surface area contributed by atoms with Gasteiger partial charge in [0, 0.05) is 31.4 Å². The van der Waals surface area contributed by atoms with Crippen LogP contribution in [0.25, 0.3) is 42.4 Å². The fourth-order valence-corrected chi connectivity index (χ4v) is 10.5. The average molecular weight is 724 g/mol. The van der Waals surface area contributed by atoms with Crippen molar-refractivity contribution in [1.82, 2.24) is 0 Å². The van der Waals surface area contributed by atoms with E-state index in [0.717, 1.165) is 12.8 Å². The van der Waals surface area contributed by atoms with E-state index in [1.54, 1.807) is 0 Å². The largest absolute Gasteiger partial charge is 0.309 e. The van der Waals surface area contributed by atoms with Crippen molar-refractivity contribution in [2.75, 3.05) is 4.90 Å². The number of hydrogen-bond acceptors (Lipinski definition) is 2. The van der Waals surface area contributed by atoms with Crippen LogP contribution in [0.15, 0.2) is 188 Å². The predicted octanol–water partition coefficient (Wildman–Crippen LogP) is 14.7. The summed E-state index contributed by atoms with van der Waals surface area (Å²) in [5.41, 5.74) is 16.2. The van der Waals surface area contributed by atoms with Crippen LogP contribution in [-0.4, -0.2) is 0 Å². The van der Waals surface area contributed by atoms with Gasteiger partial charge in [0.05, 0.1) is 16.8 Å². The molecule has 1 aromatic heterocycles. The molecule has 1 heterocycles. The number of anilines is 3. The molecular formula is C53H41NS. The van der Waals surface area contributed by atoms with Crippen molar-refractivity contribution in [3.8, 4) is 22.3 Å². The molecule has 0 fully saturated rings. The first-order valence-corrected chi connectivity index (χ1v) is 20.3. The van der Waals surface area contributed by atoms with Gasteiger partial charge < -0.3 is 4.90 Å². The van der Waals surface area contributed by atoms with E-state index in [4.69, 9.17) is 0 Å². The minimum absolute atomic E-state index is 0.487. The number of rotatable bonds is 8. The highest BCUT2D eigenvalue weighted by Crippen LogP contribution is 2.60. The lowest BCUT2D eigenvalue weighted by atomic mass is 9.68. The van der Waals surface area contributed by atoms with E-state index in [9.17, 15) is 0 Å². The molecule has 0 bridgehead atoms. The Balaban J connectivity index is 1.31. The Bertz CT molecular complexity index is 2810. The van der Waals surface area contributed by atoms with Gasteiger partial charge in [-0.05, 0) is 99.3 Å². The maximum absolute atomic E-state index is 2.57. The summed E-state index contributed by atoms with van der Waals surface area (Å²) in [6, 6.07) is 70.1. The molecule has 0 unspecified atom stereocenters. The van der Waals surface area contributed by atoms with Gasteiger partial charge in [0.15, 0.2) is 0 Å². The van der Waals surface area contributed by atoms with Gasteiger partial charge in [-0.15, -0.1) is 11.3 Å². The smallest absolute Gasteiger partial charge is 0.0714 e. The standard InChI is InChI=1S/C53H41NS/c1-3-36-19-11-12-24-41(36)42-34-33-40(35-37(42)4-2)54(48-30-18-32-50-52(48)44-26-14-16-31-49(44)55-50)47-29-17-28-46-51(47)43-25-13-15-27-45(43)53(46,38-20-7-5-8-21-38)39-22-9-6-10-23-39/h5-35H,3-4H2,1-2H3. The molecule has 264 valence electrons. The van der Waals surface area contributed by atoms with E-state index in [-0.39, 0.29) is 0 Å². The van der Waals surface area contributed by atoms with E-state index in [1.807, 2.05) is 11.3 Å². The van der Waals surface area contributed by atoms with Crippen LogP contribution in [0.3, 0.4) is 0 Å². The Morgan fingerprint density at radius 2 is 1.04 bits per heavy atom. The zero-order valence-corrected chi connectivity index (χ0v) is 32.0. The van der Waals surface area contributed by atoms with Gasteiger partial charge in [-0.3, -0.25) is 0 Å². The monoisotopic (exact) mass is 723 g/mol. The number of thiophene rings is 1. The topological polar surface area (TPSA) is 3.24 Å². The summed E-state index contributed by atoms with van der Waals surface area (Å²) >= 11 is 1.88. The van der Waals surface area contributed by atoms with Crippen molar-refractivity contribution in [2.45, 2.75) is 32.1 Å². The summed E-state index contributed by atoms with van der Waals surface area (Å²) in [5, 5.41) is 2.59. The van der Waals surface area contributed by atoms with Crippen molar-refractivity contribution in [3.63, 3.8) is 0 Å². The molecule has 9 aromatic rings. The quantitative estimate of drug-likeness (QED) is 0.151. The third kappa shape index (κ3) is 5.13. The van der Waals surface area contributed by atoms with Crippen molar-refractivity contribution in [3.05, 3.63) is 221 Å². The third-order valence-electron chi connectivity index (χ3n) is 11.7. The zero-order chi connectivity index (χ0) is 36.9. The second-order valence-corrected chi connectivity index (χ2v) is 15.6. The van der Waals surface area contributed by atoms with Gasteiger partial charge in [0.25, 0.3) is 0 Å². The molecule has 0 aliphatic heterocycles. The molecule has 0 saturated carbocycles. The second kappa shape index (κ2) is 13.6. The first-order chi connectivity index (χ1) is 27.2. The Morgan fingerprint density at radius 1 is 0.455 bits per heavy atom. The van der Waals surface area contributed by atoms with Crippen LogP contribution >= 0.6 is 11.3 Å². The highest BCUT2D eigenvalue weighted by atomic mass is 32.1. The molecule has 10 rings (SSSR count). The van der Waals surface area contributed by atoms with Crippen molar-refractivity contribution in [2.24, 2.45) is 0 Å². The number of fused-ring (bicyclic) bond motifs is 6. The summed E-state index contributed by atoms with van der Waals surface area (Å²) in [7, 11) is 0. The molecule has 0 spiro atoms. The van der Waals surface area contributed by atoms with Crippen LogP contribution in [0.1, 0.15) is 47.2 Å². The molecule has 55 heavy (non-hydrogen) atoms. The van der Waals surface area contributed by atoms with Gasteiger partial charge in [-0.2, -0.15) is 0 Å². The van der Waals surface area contributed by atoms with Crippen LogP contribution in [0.2, 0.25) is 0 Å². The molecular weight excluding hydrogens is 683 g/mol. The van der Waals surface area contributed by atoms with Gasteiger partial charge in [-0.1, -0.05) is 166 Å². The van der Waals surface area contributed by atoms with Crippen LogP contribution in [-0.2, 0) is 18.3 Å². The molecule has 1 aliphatic rings. The molecule has 1 aliphatic carbocycles. The summed E-state index contributed by atoms with van der Waals surface area (Å²) in [6.45, 7) is 4.55. The highest BCUT2D eigenvalue weighted by Gasteiger charge is 2.47. The van der Waals surface area contributed by atoms with Gasteiger partial charge in [-0.25, -0.2) is 0 Å². The maximum atomic E-state index is 2.57. The minimum atomic E-state index is -0.487. The van der Waals surface area contributed by atoms with Crippen LogP contribution in [0, 0.1) is 0 Å². The molecule has 0 atom stereocenters. The lowest BCUT2D eigenvalue weighted by Crippen LogP contribution is -2.28. The third-order valence-corrected chi connectivity index (χ3v) is 12.9. The number of nitrogens with zero attached hydrogens (tertiary/aromatic N) is 1. The lowest BCUT2D eigenvalue weighted by molar-refractivity contribution is 0.768.